The molecule has 0 aromatic carbocycles. The van der Waals surface area contributed by atoms with Crippen molar-refractivity contribution in [2.75, 3.05) is 6.61 Å². The SMILES string of the molecule is CCCCCCCCOC1(O)OOC1(O)O. The Kier molecular flexibility index (Phi) is 5.10. The Balaban J connectivity index is 1.99. The summed E-state index contributed by atoms with van der Waals surface area (Å²) in [5, 5.41) is 27.2. The fraction of sp³-hybridized carbons (Fsp3) is 1.00. The average Bonchev–Trinajstić information content (AvgIpc) is 2.26. The maximum absolute atomic E-state index is 9.31. The Morgan fingerprint density at radius 2 is 1.56 bits per heavy atom. The number of rotatable bonds is 8. The Hall–Kier alpha value is -0.240. The molecule has 0 radical (unpaired) electrons. The molecule has 0 aromatic heterocycles. The lowest BCUT2D eigenvalue weighted by Crippen LogP contribution is -2.68. The van der Waals surface area contributed by atoms with Gasteiger partial charge >= 0.3 is 11.9 Å². The fourth-order valence-corrected chi connectivity index (χ4v) is 1.40. The van der Waals surface area contributed by atoms with Crippen LogP contribution in [0.4, 0.5) is 0 Å². The summed E-state index contributed by atoms with van der Waals surface area (Å²) in [6.07, 6.45) is 6.41. The van der Waals surface area contributed by atoms with Gasteiger partial charge in [0.2, 0.25) is 0 Å². The molecule has 96 valence electrons. The van der Waals surface area contributed by atoms with E-state index in [0.717, 1.165) is 19.3 Å². The molecular formula is C10H20O6. The van der Waals surface area contributed by atoms with Crippen LogP contribution in [0.2, 0.25) is 0 Å². The average molecular weight is 236 g/mol. The van der Waals surface area contributed by atoms with E-state index in [1.54, 1.807) is 0 Å². The summed E-state index contributed by atoms with van der Waals surface area (Å²) in [5.74, 6) is -5.22. The zero-order chi connectivity index (χ0) is 12.1. The molecule has 0 aromatic rings. The maximum Gasteiger partial charge on any atom is 0.396 e. The van der Waals surface area contributed by atoms with Crippen LogP contribution in [-0.2, 0) is 14.5 Å². The van der Waals surface area contributed by atoms with Gasteiger partial charge in [-0.3, -0.25) is 0 Å². The van der Waals surface area contributed by atoms with Crippen LogP contribution in [0.25, 0.3) is 0 Å². The molecule has 0 aliphatic carbocycles. The lowest BCUT2D eigenvalue weighted by atomic mass is 10.1. The predicted molar refractivity (Wildman–Crippen MR) is 53.6 cm³/mol. The van der Waals surface area contributed by atoms with E-state index in [0.29, 0.717) is 0 Å². The molecule has 6 heteroatoms. The second-order valence-electron chi connectivity index (χ2n) is 3.97. The second-order valence-corrected chi connectivity index (χ2v) is 3.97. The van der Waals surface area contributed by atoms with Crippen molar-refractivity contribution in [3.8, 4) is 0 Å². The molecule has 1 rings (SSSR count). The van der Waals surface area contributed by atoms with Crippen LogP contribution in [0.5, 0.6) is 0 Å². The summed E-state index contributed by atoms with van der Waals surface area (Å²) >= 11 is 0. The summed E-state index contributed by atoms with van der Waals surface area (Å²) in [7, 11) is 0. The molecule has 1 fully saturated rings. The highest BCUT2D eigenvalue weighted by Gasteiger charge is 2.65. The molecule has 16 heavy (non-hydrogen) atoms. The van der Waals surface area contributed by atoms with Crippen molar-refractivity contribution in [1.29, 1.82) is 0 Å². The van der Waals surface area contributed by atoms with Crippen LogP contribution in [0.15, 0.2) is 0 Å². The molecule has 1 saturated heterocycles. The van der Waals surface area contributed by atoms with Gasteiger partial charge in [0.25, 0.3) is 0 Å². The van der Waals surface area contributed by atoms with Crippen LogP contribution >= 0.6 is 0 Å². The monoisotopic (exact) mass is 236 g/mol. The van der Waals surface area contributed by atoms with Crippen molar-refractivity contribution in [2.24, 2.45) is 0 Å². The number of ether oxygens (including phenoxy) is 1. The largest absolute Gasteiger partial charge is 0.396 e. The van der Waals surface area contributed by atoms with Gasteiger partial charge in [-0.1, -0.05) is 39.0 Å². The van der Waals surface area contributed by atoms with E-state index in [4.69, 9.17) is 14.9 Å². The first-order valence-corrected chi connectivity index (χ1v) is 5.70. The van der Waals surface area contributed by atoms with Gasteiger partial charge < -0.3 is 20.1 Å². The first kappa shape index (κ1) is 13.8. The molecule has 1 aliphatic rings. The molecule has 6 nitrogen and oxygen atoms in total. The third-order valence-electron chi connectivity index (χ3n) is 2.48. The first-order chi connectivity index (χ1) is 7.52. The highest BCUT2D eigenvalue weighted by molar-refractivity contribution is 4.69. The third kappa shape index (κ3) is 3.38. The van der Waals surface area contributed by atoms with Gasteiger partial charge in [0.05, 0.1) is 6.61 Å². The highest BCUT2D eigenvalue weighted by atomic mass is 17.4. The van der Waals surface area contributed by atoms with Gasteiger partial charge in [-0.05, 0) is 6.42 Å². The van der Waals surface area contributed by atoms with E-state index in [2.05, 4.69) is 16.7 Å². The van der Waals surface area contributed by atoms with Gasteiger partial charge in [0.15, 0.2) is 0 Å². The van der Waals surface area contributed by atoms with Crippen molar-refractivity contribution in [3.05, 3.63) is 0 Å². The Bertz CT molecular complexity index is 207. The highest BCUT2D eigenvalue weighted by Crippen LogP contribution is 2.35. The standard InChI is InChI=1S/C10H20O6/c1-2-3-4-5-6-7-8-14-10(13)9(11,12)15-16-10/h11-13H,2-8H2,1H3. The molecule has 1 aliphatic heterocycles. The van der Waals surface area contributed by atoms with Crippen LogP contribution < -0.4 is 0 Å². The molecular weight excluding hydrogens is 216 g/mol. The van der Waals surface area contributed by atoms with Crippen molar-refractivity contribution in [1.82, 2.24) is 0 Å². The topological polar surface area (TPSA) is 88.4 Å². The fourth-order valence-electron chi connectivity index (χ4n) is 1.40. The van der Waals surface area contributed by atoms with Gasteiger partial charge in [0, 0.05) is 0 Å². The molecule has 0 saturated carbocycles. The minimum absolute atomic E-state index is 0.189. The maximum atomic E-state index is 9.31. The van der Waals surface area contributed by atoms with Crippen LogP contribution in [0, 0.1) is 0 Å². The molecule has 0 bridgehead atoms. The minimum Gasteiger partial charge on any atom is -0.335 e. The third-order valence-corrected chi connectivity index (χ3v) is 2.48. The summed E-state index contributed by atoms with van der Waals surface area (Å²) in [6.45, 7) is 2.34. The molecule has 3 N–H and O–H groups in total. The number of unbranched alkanes of at least 4 members (excludes halogenated alkanes) is 5. The lowest BCUT2D eigenvalue weighted by Gasteiger charge is -2.42. The van der Waals surface area contributed by atoms with E-state index in [9.17, 15) is 5.11 Å². The number of aliphatic hydroxyl groups is 3. The van der Waals surface area contributed by atoms with Crippen molar-refractivity contribution in [3.63, 3.8) is 0 Å². The Labute approximate surface area is 94.7 Å². The summed E-state index contributed by atoms with van der Waals surface area (Å²) in [4.78, 5) is 7.99. The van der Waals surface area contributed by atoms with Gasteiger partial charge in [-0.25, -0.2) is 0 Å². The summed E-state index contributed by atoms with van der Waals surface area (Å²) < 4.78 is 4.80. The van der Waals surface area contributed by atoms with Crippen molar-refractivity contribution in [2.45, 2.75) is 57.4 Å². The lowest BCUT2D eigenvalue weighted by molar-refractivity contribution is -0.748. The second kappa shape index (κ2) is 5.90. The van der Waals surface area contributed by atoms with E-state index in [1.165, 1.54) is 19.3 Å². The number of hydrogen-bond acceptors (Lipinski definition) is 6. The molecule has 1 unspecified atom stereocenters. The Morgan fingerprint density at radius 1 is 0.938 bits per heavy atom. The molecule has 0 amide bonds. The van der Waals surface area contributed by atoms with E-state index in [1.807, 2.05) is 0 Å². The van der Waals surface area contributed by atoms with Gasteiger partial charge in [-0.2, -0.15) is 9.78 Å². The van der Waals surface area contributed by atoms with Gasteiger partial charge in [-0.15, -0.1) is 0 Å². The number of hydrogen-bond donors (Lipinski definition) is 3. The quantitative estimate of drug-likeness (QED) is 0.325. The van der Waals surface area contributed by atoms with Crippen LogP contribution in [-0.4, -0.2) is 33.9 Å². The van der Waals surface area contributed by atoms with Crippen molar-refractivity contribution < 1.29 is 29.8 Å². The van der Waals surface area contributed by atoms with Gasteiger partial charge in [0.1, 0.15) is 0 Å². The van der Waals surface area contributed by atoms with Crippen LogP contribution in [0.1, 0.15) is 45.4 Å². The van der Waals surface area contributed by atoms with Crippen LogP contribution in [0.3, 0.4) is 0 Å². The molecule has 1 atom stereocenters. The summed E-state index contributed by atoms with van der Waals surface area (Å²) in [6, 6.07) is 0. The normalized spacial score (nSPS) is 27.8. The Morgan fingerprint density at radius 3 is 2.06 bits per heavy atom. The van der Waals surface area contributed by atoms with Crippen molar-refractivity contribution >= 4 is 0 Å². The molecule has 1 heterocycles. The van der Waals surface area contributed by atoms with E-state index < -0.39 is 11.9 Å². The smallest absolute Gasteiger partial charge is 0.335 e. The summed E-state index contributed by atoms with van der Waals surface area (Å²) in [5.41, 5.74) is 0. The first-order valence-electron chi connectivity index (χ1n) is 5.70. The zero-order valence-electron chi connectivity index (χ0n) is 9.52. The molecule has 0 spiro atoms. The van der Waals surface area contributed by atoms with E-state index in [-0.39, 0.29) is 6.61 Å². The zero-order valence-corrected chi connectivity index (χ0v) is 9.52. The minimum atomic E-state index is -2.77. The van der Waals surface area contributed by atoms with E-state index >= 15 is 0 Å². The predicted octanol–water partition coefficient (Wildman–Crippen LogP) is 0.610.